The molecule has 1 N–H and O–H groups in total. The van der Waals surface area contributed by atoms with Gasteiger partial charge in [0.15, 0.2) is 11.5 Å². The van der Waals surface area contributed by atoms with Crippen molar-refractivity contribution in [2.24, 2.45) is 5.92 Å². The third-order valence-corrected chi connectivity index (χ3v) is 9.00. The summed E-state index contributed by atoms with van der Waals surface area (Å²) >= 11 is 5.72. The Labute approximate surface area is 257 Å². The Bertz CT molecular complexity index is 1390. The molecule has 2 aromatic rings. The lowest BCUT2D eigenvalue weighted by atomic mass is 10.0. The maximum atomic E-state index is 13.8. The summed E-state index contributed by atoms with van der Waals surface area (Å²) in [4.78, 5) is 54.4. The third-order valence-electron chi connectivity index (χ3n) is 8.36. The molecular formula is C30H40N6O6S. The Morgan fingerprint density at radius 3 is 2.42 bits per heavy atom. The van der Waals surface area contributed by atoms with Crippen LogP contribution in [-0.4, -0.2) is 108 Å². The van der Waals surface area contributed by atoms with E-state index in [-0.39, 0.29) is 29.6 Å². The van der Waals surface area contributed by atoms with Gasteiger partial charge < -0.3 is 39.0 Å². The second-order valence-corrected chi connectivity index (χ2v) is 11.8. The van der Waals surface area contributed by atoms with E-state index in [2.05, 4.69) is 5.32 Å². The minimum atomic E-state index is -0.470. The van der Waals surface area contributed by atoms with E-state index in [0.29, 0.717) is 91.3 Å². The maximum Gasteiger partial charge on any atom is 0.251 e. The number of likely N-dealkylation sites (tertiary alicyclic amines) is 1. The number of hydrogen-bond donors (Lipinski definition) is 1. The van der Waals surface area contributed by atoms with Gasteiger partial charge in [-0.2, -0.15) is 4.98 Å². The van der Waals surface area contributed by atoms with Crippen molar-refractivity contribution in [1.82, 2.24) is 19.8 Å². The lowest BCUT2D eigenvalue weighted by molar-refractivity contribution is -0.141. The molecule has 232 valence electrons. The molecule has 3 saturated heterocycles. The predicted octanol–water partition coefficient (Wildman–Crippen LogP) is 2.82. The zero-order valence-electron chi connectivity index (χ0n) is 25.3. The quantitative estimate of drug-likeness (QED) is 0.420. The van der Waals surface area contributed by atoms with Crippen LogP contribution in [0.25, 0.3) is 10.9 Å². The molecular weight excluding hydrogens is 572 g/mol. The second-order valence-electron chi connectivity index (χ2n) is 11.4. The van der Waals surface area contributed by atoms with Gasteiger partial charge >= 0.3 is 0 Å². The monoisotopic (exact) mass is 612 g/mol. The number of Topliss-reactive ketones (excluding diaryl/α,β-unsaturated/α-hetero) is 1. The number of fused-ring (bicyclic) bond motifs is 1. The molecule has 0 saturated carbocycles. The van der Waals surface area contributed by atoms with Crippen molar-refractivity contribution in [3.05, 3.63) is 12.1 Å². The van der Waals surface area contributed by atoms with Crippen LogP contribution >= 0.6 is 12.2 Å². The second kappa shape index (κ2) is 13.4. The van der Waals surface area contributed by atoms with Gasteiger partial charge in [0.25, 0.3) is 5.91 Å². The van der Waals surface area contributed by atoms with Crippen LogP contribution in [0.2, 0.25) is 0 Å². The zero-order chi connectivity index (χ0) is 30.7. The number of benzene rings is 1. The van der Waals surface area contributed by atoms with E-state index < -0.39 is 6.04 Å². The van der Waals surface area contributed by atoms with Gasteiger partial charge in [0.2, 0.25) is 11.9 Å². The first kappa shape index (κ1) is 30.9. The number of rotatable bonds is 9. The number of aromatic nitrogens is 2. The van der Waals surface area contributed by atoms with Gasteiger partial charge in [0.1, 0.15) is 23.7 Å². The molecule has 0 bridgehead atoms. The first-order valence-corrected chi connectivity index (χ1v) is 15.3. The minimum absolute atomic E-state index is 0.0398. The average Bonchev–Trinajstić information content (AvgIpc) is 3.72. The molecule has 1 aromatic heterocycles. The summed E-state index contributed by atoms with van der Waals surface area (Å²) in [5, 5.41) is 3.67. The molecule has 3 aliphatic rings. The number of anilines is 2. The highest BCUT2D eigenvalue weighted by Crippen LogP contribution is 2.36. The highest BCUT2D eigenvalue weighted by molar-refractivity contribution is 7.80. The van der Waals surface area contributed by atoms with Gasteiger partial charge in [-0.3, -0.25) is 9.59 Å². The maximum absolute atomic E-state index is 13.8. The Hall–Kier alpha value is -3.58. The minimum Gasteiger partial charge on any atom is -0.493 e. The highest BCUT2D eigenvalue weighted by Gasteiger charge is 2.35. The van der Waals surface area contributed by atoms with Crippen LogP contribution in [0.3, 0.4) is 0 Å². The van der Waals surface area contributed by atoms with Gasteiger partial charge in [-0.1, -0.05) is 19.1 Å². The van der Waals surface area contributed by atoms with E-state index in [1.807, 2.05) is 21.6 Å². The summed E-state index contributed by atoms with van der Waals surface area (Å²) in [5.74, 6) is 1.57. The number of amides is 2. The molecule has 3 aliphatic heterocycles. The van der Waals surface area contributed by atoms with Crippen LogP contribution in [0.1, 0.15) is 46.0 Å². The fourth-order valence-electron chi connectivity index (χ4n) is 6.09. The van der Waals surface area contributed by atoms with Crippen molar-refractivity contribution in [2.75, 3.05) is 63.8 Å². The number of ether oxygens (including phenoxy) is 3. The van der Waals surface area contributed by atoms with Crippen LogP contribution in [0.4, 0.5) is 11.8 Å². The summed E-state index contributed by atoms with van der Waals surface area (Å²) in [6, 6.07) is 3.06. The Morgan fingerprint density at radius 1 is 1.05 bits per heavy atom. The third kappa shape index (κ3) is 6.67. The molecule has 4 heterocycles. The van der Waals surface area contributed by atoms with E-state index >= 15 is 0 Å². The predicted molar refractivity (Wildman–Crippen MR) is 166 cm³/mol. The van der Waals surface area contributed by atoms with E-state index in [0.717, 1.165) is 19.3 Å². The number of nitrogens with one attached hydrogen (secondary N) is 1. The summed E-state index contributed by atoms with van der Waals surface area (Å²) in [6.07, 6.45) is 3.14. The number of nitrogens with zero attached hydrogens (tertiary/aromatic N) is 5. The van der Waals surface area contributed by atoms with Crippen molar-refractivity contribution in [1.29, 1.82) is 0 Å². The topological polar surface area (TPSA) is 126 Å². The van der Waals surface area contributed by atoms with E-state index in [4.69, 9.17) is 36.4 Å². The number of carbonyl (C=O) groups is 3. The van der Waals surface area contributed by atoms with Crippen molar-refractivity contribution in [3.63, 3.8) is 0 Å². The Kier molecular flexibility index (Phi) is 9.60. The number of thiocarbonyl (C=S) groups is 1. The number of carbonyl (C=O) groups excluding carboxylic acids is 3. The van der Waals surface area contributed by atoms with Crippen molar-refractivity contribution >= 4 is 57.5 Å². The van der Waals surface area contributed by atoms with Gasteiger partial charge in [0, 0.05) is 63.1 Å². The molecule has 43 heavy (non-hydrogen) atoms. The lowest BCUT2D eigenvalue weighted by Crippen LogP contribution is -2.51. The molecule has 2 unspecified atom stereocenters. The first-order valence-electron chi connectivity index (χ1n) is 14.9. The van der Waals surface area contributed by atoms with Crippen molar-refractivity contribution in [2.45, 2.75) is 58.1 Å². The summed E-state index contributed by atoms with van der Waals surface area (Å²) in [6.45, 7) is 6.92. The molecule has 5 rings (SSSR count). The van der Waals surface area contributed by atoms with Gasteiger partial charge in [0.05, 0.1) is 24.7 Å². The fraction of sp³-hybridized carbons (Fsp3) is 0.600. The largest absolute Gasteiger partial charge is 0.493 e. The standard InChI is InChI=1S/C30H40N6O6S/c1-18(15-19(2)37)29(43)36-9-5-7-22(36)27(38)32-26-20-16-24(40-3)25(41-4)17-21(20)31-30(33-26)35-12-10-34(11-13-35)28(39)23-8-6-14-42-23/h16-18,22-23H,5-15H2,1-4H3,(H,31,32,33,38)/t18?,22-,23?/m1/s1. The van der Waals surface area contributed by atoms with Crippen LogP contribution in [0, 0.1) is 5.92 Å². The SMILES string of the molecule is COc1cc2nc(N3CCN(C(=O)C4CCCO4)CC3)nc(NC(=O)[C@H]3CCCN3C(=S)C(C)CC(C)=O)c2cc1OC. The molecule has 1 aromatic carbocycles. The lowest BCUT2D eigenvalue weighted by Gasteiger charge is -2.36. The van der Waals surface area contributed by atoms with Crippen molar-refractivity contribution < 1.29 is 28.6 Å². The first-order chi connectivity index (χ1) is 20.7. The van der Waals surface area contributed by atoms with Crippen LogP contribution in [0.5, 0.6) is 11.5 Å². The molecule has 0 aliphatic carbocycles. The number of methoxy groups -OCH3 is 2. The molecule has 3 atom stereocenters. The Balaban J connectivity index is 1.40. The normalized spacial score (nSPS) is 21.2. The number of piperazine rings is 1. The van der Waals surface area contributed by atoms with E-state index in [9.17, 15) is 14.4 Å². The summed E-state index contributed by atoms with van der Waals surface area (Å²) < 4.78 is 16.7. The average molecular weight is 613 g/mol. The molecule has 0 radical (unpaired) electrons. The summed E-state index contributed by atoms with van der Waals surface area (Å²) in [5.41, 5.74) is 0.588. The van der Waals surface area contributed by atoms with Crippen molar-refractivity contribution in [3.8, 4) is 11.5 Å². The fourth-order valence-corrected chi connectivity index (χ4v) is 6.39. The van der Waals surface area contributed by atoms with E-state index in [1.54, 1.807) is 33.3 Å². The molecule has 2 amide bonds. The molecule has 0 spiro atoms. The molecule has 13 heteroatoms. The number of hydrogen-bond acceptors (Lipinski definition) is 10. The molecule has 12 nitrogen and oxygen atoms in total. The van der Waals surface area contributed by atoms with E-state index in [1.165, 1.54) is 0 Å². The van der Waals surface area contributed by atoms with Crippen LogP contribution in [0.15, 0.2) is 12.1 Å². The van der Waals surface area contributed by atoms with Crippen LogP contribution in [-0.2, 0) is 19.1 Å². The van der Waals surface area contributed by atoms with Crippen LogP contribution < -0.4 is 19.7 Å². The van der Waals surface area contributed by atoms with Gasteiger partial charge in [-0.25, -0.2) is 4.98 Å². The Morgan fingerprint density at radius 2 is 1.77 bits per heavy atom. The zero-order valence-corrected chi connectivity index (χ0v) is 26.1. The molecule has 3 fully saturated rings. The smallest absolute Gasteiger partial charge is 0.251 e. The van der Waals surface area contributed by atoms with Gasteiger partial charge in [-0.15, -0.1) is 0 Å². The summed E-state index contributed by atoms with van der Waals surface area (Å²) in [7, 11) is 3.11. The number of ketones is 1. The highest BCUT2D eigenvalue weighted by atomic mass is 32.1. The van der Waals surface area contributed by atoms with Gasteiger partial charge in [-0.05, 0) is 38.7 Å².